The molecule has 25 heavy (non-hydrogen) atoms. The smallest absolute Gasteiger partial charge is 0.265 e. The van der Waals surface area contributed by atoms with Gasteiger partial charge in [0, 0.05) is 19.5 Å². The molecule has 0 spiro atoms. The Labute approximate surface area is 159 Å². The summed E-state index contributed by atoms with van der Waals surface area (Å²) in [5, 5.41) is 0.833. The predicted octanol–water partition coefficient (Wildman–Crippen LogP) is 3.95. The fourth-order valence-corrected chi connectivity index (χ4v) is 5.24. The molecule has 0 aromatic carbocycles. The molecule has 0 bridgehead atoms. The van der Waals surface area contributed by atoms with Crippen LogP contribution in [0.3, 0.4) is 0 Å². The minimum absolute atomic E-state index is 0.0349. The lowest BCUT2D eigenvalue weighted by Gasteiger charge is -2.32. The van der Waals surface area contributed by atoms with Crippen LogP contribution in [-0.2, 0) is 4.79 Å². The number of carbonyl (C=O) groups is 2. The molecular formula is C17H20ClN3O2S2. The van der Waals surface area contributed by atoms with Crippen molar-refractivity contribution < 1.29 is 9.59 Å². The lowest BCUT2D eigenvalue weighted by molar-refractivity contribution is -0.118. The summed E-state index contributed by atoms with van der Waals surface area (Å²) >= 11 is 8.88. The first-order chi connectivity index (χ1) is 11.9. The van der Waals surface area contributed by atoms with Gasteiger partial charge in [-0.1, -0.05) is 11.6 Å². The van der Waals surface area contributed by atoms with E-state index in [-0.39, 0.29) is 11.8 Å². The molecule has 134 valence electrons. The summed E-state index contributed by atoms with van der Waals surface area (Å²) in [6, 6.07) is 3.77. The fraction of sp³-hybridized carbons (Fsp3) is 0.471. The van der Waals surface area contributed by atoms with E-state index in [0.717, 1.165) is 41.4 Å². The van der Waals surface area contributed by atoms with Crippen LogP contribution in [0.2, 0.25) is 4.34 Å². The number of aryl methyl sites for hydroxylation is 1. The van der Waals surface area contributed by atoms with Crippen molar-refractivity contribution in [2.24, 2.45) is 11.7 Å². The van der Waals surface area contributed by atoms with E-state index in [4.69, 9.17) is 17.3 Å². The molecule has 0 aliphatic carbocycles. The van der Waals surface area contributed by atoms with Crippen LogP contribution in [0.4, 0.5) is 0 Å². The molecule has 8 heteroatoms. The molecule has 5 nitrogen and oxygen atoms in total. The molecule has 2 aromatic heterocycles. The van der Waals surface area contributed by atoms with Crippen molar-refractivity contribution in [1.29, 1.82) is 0 Å². The zero-order chi connectivity index (χ0) is 18.0. The van der Waals surface area contributed by atoms with E-state index in [2.05, 4.69) is 4.98 Å². The summed E-state index contributed by atoms with van der Waals surface area (Å²) in [5.74, 6) is 0.0997. The van der Waals surface area contributed by atoms with Gasteiger partial charge in [-0.2, -0.15) is 0 Å². The Morgan fingerprint density at radius 2 is 2.20 bits per heavy atom. The maximum Gasteiger partial charge on any atom is 0.265 e. The first-order valence-corrected chi connectivity index (χ1v) is 10.3. The van der Waals surface area contributed by atoms with Crippen molar-refractivity contribution in [3.63, 3.8) is 0 Å². The van der Waals surface area contributed by atoms with Crippen molar-refractivity contribution in [3.05, 3.63) is 27.0 Å². The standard InChI is InChI=1S/C17H20ClN3O2S2/c1-10-15(25-16(20-10)12-5-6-13(18)24-12)17(23)21-8-2-3-11(9-21)4-7-14(19)22/h5-6,11H,2-4,7-9H2,1H3,(H2,19,22). The van der Waals surface area contributed by atoms with Gasteiger partial charge in [-0.3, -0.25) is 9.59 Å². The lowest BCUT2D eigenvalue weighted by Crippen LogP contribution is -2.40. The van der Waals surface area contributed by atoms with Gasteiger partial charge in [0.25, 0.3) is 5.91 Å². The number of thiophene rings is 1. The molecule has 1 aliphatic rings. The van der Waals surface area contributed by atoms with Gasteiger partial charge in [-0.15, -0.1) is 22.7 Å². The maximum absolute atomic E-state index is 12.9. The highest BCUT2D eigenvalue weighted by Crippen LogP contribution is 2.35. The van der Waals surface area contributed by atoms with Crippen molar-refractivity contribution in [1.82, 2.24) is 9.88 Å². The topological polar surface area (TPSA) is 76.3 Å². The monoisotopic (exact) mass is 397 g/mol. The number of nitrogens with two attached hydrogens (primary N) is 1. The zero-order valence-corrected chi connectivity index (χ0v) is 16.3. The largest absolute Gasteiger partial charge is 0.370 e. The molecule has 2 N–H and O–H groups in total. The Kier molecular flexibility index (Phi) is 5.76. The average molecular weight is 398 g/mol. The SMILES string of the molecule is Cc1nc(-c2ccc(Cl)s2)sc1C(=O)N1CCCC(CCC(N)=O)C1. The zero-order valence-electron chi connectivity index (χ0n) is 14.0. The molecule has 1 atom stereocenters. The lowest BCUT2D eigenvalue weighted by atomic mass is 9.93. The quantitative estimate of drug-likeness (QED) is 0.829. The number of thiazole rings is 1. The van der Waals surface area contributed by atoms with E-state index < -0.39 is 0 Å². The maximum atomic E-state index is 12.9. The van der Waals surface area contributed by atoms with Gasteiger partial charge in [-0.05, 0) is 44.2 Å². The molecule has 1 aliphatic heterocycles. The van der Waals surface area contributed by atoms with Gasteiger partial charge in [0.05, 0.1) is 14.9 Å². The Morgan fingerprint density at radius 3 is 2.88 bits per heavy atom. The number of amides is 2. The fourth-order valence-electron chi connectivity index (χ4n) is 3.10. The highest BCUT2D eigenvalue weighted by atomic mass is 35.5. The Hall–Kier alpha value is -1.44. The molecule has 3 heterocycles. The van der Waals surface area contributed by atoms with E-state index in [0.29, 0.717) is 28.1 Å². The number of hydrogen-bond acceptors (Lipinski definition) is 5. The first kappa shape index (κ1) is 18.4. The minimum Gasteiger partial charge on any atom is -0.370 e. The summed E-state index contributed by atoms with van der Waals surface area (Å²) in [7, 11) is 0. The molecule has 2 amide bonds. The third-order valence-electron chi connectivity index (χ3n) is 4.38. The number of carbonyl (C=O) groups excluding carboxylic acids is 2. The van der Waals surface area contributed by atoms with Gasteiger partial charge in [0.1, 0.15) is 9.88 Å². The van der Waals surface area contributed by atoms with Gasteiger partial charge >= 0.3 is 0 Å². The third-order valence-corrected chi connectivity index (χ3v) is 6.93. The number of primary amides is 1. The van der Waals surface area contributed by atoms with Gasteiger partial charge in [0.15, 0.2) is 0 Å². The Balaban J connectivity index is 1.72. The van der Waals surface area contributed by atoms with Crippen molar-refractivity contribution in [3.8, 4) is 9.88 Å². The van der Waals surface area contributed by atoms with E-state index in [9.17, 15) is 9.59 Å². The van der Waals surface area contributed by atoms with Gasteiger partial charge in [-0.25, -0.2) is 4.98 Å². The van der Waals surface area contributed by atoms with Gasteiger partial charge < -0.3 is 10.6 Å². The van der Waals surface area contributed by atoms with Crippen LogP contribution in [0.15, 0.2) is 12.1 Å². The second kappa shape index (κ2) is 7.85. The summed E-state index contributed by atoms with van der Waals surface area (Å²) in [4.78, 5) is 32.0. The molecule has 1 unspecified atom stereocenters. The molecule has 3 rings (SSSR count). The van der Waals surface area contributed by atoms with E-state index >= 15 is 0 Å². The number of halogens is 1. The van der Waals surface area contributed by atoms with Crippen LogP contribution in [0.5, 0.6) is 0 Å². The van der Waals surface area contributed by atoms with Crippen molar-refractivity contribution in [2.45, 2.75) is 32.6 Å². The highest BCUT2D eigenvalue weighted by molar-refractivity contribution is 7.24. The second-order valence-electron chi connectivity index (χ2n) is 6.30. The number of aromatic nitrogens is 1. The predicted molar refractivity (Wildman–Crippen MR) is 102 cm³/mol. The molecule has 2 aromatic rings. The number of likely N-dealkylation sites (tertiary alicyclic amines) is 1. The first-order valence-electron chi connectivity index (χ1n) is 8.24. The van der Waals surface area contributed by atoms with Crippen LogP contribution < -0.4 is 5.73 Å². The summed E-state index contributed by atoms with van der Waals surface area (Å²) < 4.78 is 0.712. The van der Waals surface area contributed by atoms with E-state index in [1.165, 1.54) is 22.7 Å². The summed E-state index contributed by atoms with van der Waals surface area (Å²) in [6.45, 7) is 3.31. The van der Waals surface area contributed by atoms with Crippen LogP contribution in [0, 0.1) is 12.8 Å². The summed E-state index contributed by atoms with van der Waals surface area (Å²) in [6.07, 6.45) is 3.13. The van der Waals surface area contributed by atoms with E-state index in [1.54, 1.807) is 0 Å². The molecular weight excluding hydrogens is 378 g/mol. The molecule has 0 saturated carbocycles. The number of rotatable bonds is 5. The minimum atomic E-state index is -0.277. The Bertz CT molecular complexity index is 787. The van der Waals surface area contributed by atoms with Crippen LogP contribution in [0.1, 0.15) is 41.0 Å². The van der Waals surface area contributed by atoms with Crippen molar-refractivity contribution >= 4 is 46.1 Å². The molecule has 1 fully saturated rings. The van der Waals surface area contributed by atoms with Crippen LogP contribution >= 0.6 is 34.3 Å². The van der Waals surface area contributed by atoms with Crippen LogP contribution in [-0.4, -0.2) is 34.8 Å². The van der Waals surface area contributed by atoms with Crippen LogP contribution in [0.25, 0.3) is 9.88 Å². The summed E-state index contributed by atoms with van der Waals surface area (Å²) in [5.41, 5.74) is 6.00. The Morgan fingerprint density at radius 1 is 1.40 bits per heavy atom. The highest BCUT2D eigenvalue weighted by Gasteiger charge is 2.27. The average Bonchev–Trinajstić information content (AvgIpc) is 3.18. The number of hydrogen-bond donors (Lipinski definition) is 1. The van der Waals surface area contributed by atoms with E-state index in [1.807, 2.05) is 24.0 Å². The molecule has 0 radical (unpaired) electrons. The number of piperidine rings is 1. The second-order valence-corrected chi connectivity index (χ2v) is 9.02. The molecule has 1 saturated heterocycles. The van der Waals surface area contributed by atoms with Gasteiger partial charge in [0.2, 0.25) is 5.91 Å². The third kappa shape index (κ3) is 4.40. The number of nitrogens with zero attached hydrogens (tertiary/aromatic N) is 2. The normalized spacial score (nSPS) is 17.7. The van der Waals surface area contributed by atoms with Crippen molar-refractivity contribution in [2.75, 3.05) is 13.1 Å².